The molecule has 2 fully saturated rings. The molecular weight excluding hydrogens is 306 g/mol. The summed E-state index contributed by atoms with van der Waals surface area (Å²) in [7, 11) is 0. The summed E-state index contributed by atoms with van der Waals surface area (Å²) < 4.78 is 26.6. The largest absolute Gasteiger partial charge is 0.391 e. The van der Waals surface area contributed by atoms with Crippen LogP contribution in [0.4, 0.5) is 14.5 Å². The lowest BCUT2D eigenvalue weighted by Crippen LogP contribution is -2.46. The average molecular weight is 324 g/mol. The van der Waals surface area contributed by atoms with E-state index in [0.717, 1.165) is 18.2 Å². The predicted molar refractivity (Wildman–Crippen MR) is 78.6 cm³/mol. The molecular formula is C16H18F2N2O3. The van der Waals surface area contributed by atoms with Crippen LogP contribution < -0.4 is 4.90 Å². The molecule has 0 aliphatic carbocycles. The molecule has 5 nitrogen and oxygen atoms in total. The average Bonchev–Trinajstić information content (AvgIpc) is 2.87. The van der Waals surface area contributed by atoms with Gasteiger partial charge in [0.25, 0.3) is 0 Å². The van der Waals surface area contributed by atoms with E-state index in [2.05, 4.69) is 0 Å². The van der Waals surface area contributed by atoms with Crippen molar-refractivity contribution < 1.29 is 23.5 Å². The molecule has 0 radical (unpaired) electrons. The summed E-state index contributed by atoms with van der Waals surface area (Å²) >= 11 is 0. The predicted octanol–water partition coefficient (Wildman–Crippen LogP) is 1.30. The maximum atomic E-state index is 13.3. The number of anilines is 1. The van der Waals surface area contributed by atoms with E-state index in [4.69, 9.17) is 0 Å². The van der Waals surface area contributed by atoms with Crippen molar-refractivity contribution in [1.29, 1.82) is 0 Å². The number of aliphatic hydroxyl groups excluding tert-OH is 1. The quantitative estimate of drug-likeness (QED) is 0.834. The van der Waals surface area contributed by atoms with Crippen LogP contribution in [0.15, 0.2) is 18.2 Å². The van der Waals surface area contributed by atoms with Gasteiger partial charge in [-0.15, -0.1) is 0 Å². The number of aliphatic hydroxyl groups is 1. The van der Waals surface area contributed by atoms with Gasteiger partial charge in [0.2, 0.25) is 11.8 Å². The van der Waals surface area contributed by atoms with E-state index in [1.54, 1.807) is 0 Å². The van der Waals surface area contributed by atoms with Gasteiger partial charge in [0.15, 0.2) is 0 Å². The third-order valence-corrected chi connectivity index (χ3v) is 4.37. The lowest BCUT2D eigenvalue weighted by Gasteiger charge is -2.31. The van der Waals surface area contributed by atoms with Crippen molar-refractivity contribution in [3.8, 4) is 0 Å². The number of hydrogen-bond donors (Lipinski definition) is 1. The topological polar surface area (TPSA) is 60.9 Å². The summed E-state index contributed by atoms with van der Waals surface area (Å²) in [6, 6.07) is 2.90. The number of nitrogens with zero attached hydrogens (tertiary/aromatic N) is 2. The summed E-state index contributed by atoms with van der Waals surface area (Å²) in [5.74, 6) is -3.12. The smallest absolute Gasteiger partial charge is 0.239 e. The molecule has 1 aromatic rings. The van der Waals surface area contributed by atoms with Gasteiger partial charge >= 0.3 is 0 Å². The maximum absolute atomic E-state index is 13.3. The van der Waals surface area contributed by atoms with E-state index < -0.39 is 29.6 Å². The van der Waals surface area contributed by atoms with E-state index in [0.29, 0.717) is 25.8 Å². The summed E-state index contributed by atoms with van der Waals surface area (Å²) in [5.41, 5.74) is 0.126. The van der Waals surface area contributed by atoms with Crippen LogP contribution in [0.25, 0.3) is 0 Å². The molecule has 2 amide bonds. The minimum absolute atomic E-state index is 0.126. The number of β-amino-alcohol motifs (C(OH)–C–C–N with tert-alkyl or cyclic N) is 1. The second-order valence-corrected chi connectivity index (χ2v) is 6.04. The molecule has 2 atom stereocenters. The first-order valence-corrected chi connectivity index (χ1v) is 7.70. The number of hydrogen-bond acceptors (Lipinski definition) is 3. The van der Waals surface area contributed by atoms with Crippen molar-refractivity contribution in [3.05, 3.63) is 29.8 Å². The number of carbonyl (C=O) groups excluding carboxylic acids is 2. The van der Waals surface area contributed by atoms with Crippen LogP contribution in [-0.2, 0) is 9.59 Å². The Morgan fingerprint density at radius 1 is 1.13 bits per heavy atom. The van der Waals surface area contributed by atoms with Crippen LogP contribution in [0, 0.1) is 17.6 Å². The number of amides is 2. The Balaban J connectivity index is 1.74. The second kappa shape index (κ2) is 6.23. The molecule has 0 bridgehead atoms. The molecule has 124 valence electrons. The molecule has 1 N–H and O–H groups in total. The maximum Gasteiger partial charge on any atom is 0.239 e. The number of carbonyl (C=O) groups is 2. The number of piperidine rings is 1. The minimum Gasteiger partial charge on any atom is -0.391 e. The van der Waals surface area contributed by atoms with Crippen molar-refractivity contribution >= 4 is 17.5 Å². The highest BCUT2D eigenvalue weighted by Gasteiger charge is 2.40. The highest BCUT2D eigenvalue weighted by Crippen LogP contribution is 2.28. The molecule has 2 heterocycles. The highest BCUT2D eigenvalue weighted by molar-refractivity contribution is 6.09. The molecule has 3 rings (SSSR count). The Labute approximate surface area is 132 Å². The van der Waals surface area contributed by atoms with Crippen LogP contribution in [0.1, 0.15) is 19.3 Å². The van der Waals surface area contributed by atoms with E-state index in [1.165, 1.54) is 9.80 Å². The first kappa shape index (κ1) is 15.9. The molecule has 2 unspecified atom stereocenters. The normalized spacial score (nSPS) is 25.1. The summed E-state index contributed by atoms with van der Waals surface area (Å²) in [4.78, 5) is 27.7. The lowest BCUT2D eigenvalue weighted by molar-refractivity contribution is -0.142. The Morgan fingerprint density at radius 3 is 2.48 bits per heavy atom. The van der Waals surface area contributed by atoms with Gasteiger partial charge in [-0.25, -0.2) is 8.78 Å². The van der Waals surface area contributed by atoms with Gasteiger partial charge in [-0.2, -0.15) is 0 Å². The molecule has 2 saturated heterocycles. The van der Waals surface area contributed by atoms with E-state index in [-0.39, 0.29) is 24.7 Å². The van der Waals surface area contributed by atoms with Crippen molar-refractivity contribution in [2.24, 2.45) is 5.92 Å². The standard InChI is InChI=1S/C16H18F2N2O3/c17-10-6-11(18)8-12(7-10)20-5-3-14(16(20)23)15(22)19-4-1-2-13(21)9-19/h6-8,13-14,21H,1-5,9H2. The third kappa shape index (κ3) is 3.19. The van der Waals surface area contributed by atoms with Crippen LogP contribution in [-0.4, -0.2) is 47.6 Å². The van der Waals surface area contributed by atoms with Crippen molar-refractivity contribution in [3.63, 3.8) is 0 Å². The number of benzene rings is 1. The monoisotopic (exact) mass is 324 g/mol. The zero-order valence-corrected chi connectivity index (χ0v) is 12.5. The van der Waals surface area contributed by atoms with Crippen LogP contribution >= 0.6 is 0 Å². The number of rotatable bonds is 2. The van der Waals surface area contributed by atoms with Crippen LogP contribution in [0.2, 0.25) is 0 Å². The Kier molecular flexibility index (Phi) is 4.30. The fourth-order valence-corrected chi connectivity index (χ4v) is 3.24. The van der Waals surface area contributed by atoms with Gasteiger partial charge in [-0.3, -0.25) is 9.59 Å². The van der Waals surface area contributed by atoms with Crippen molar-refractivity contribution in [2.75, 3.05) is 24.5 Å². The Bertz CT molecular complexity index is 618. The third-order valence-electron chi connectivity index (χ3n) is 4.37. The molecule has 1 aromatic carbocycles. The van der Waals surface area contributed by atoms with E-state index >= 15 is 0 Å². The molecule has 7 heteroatoms. The van der Waals surface area contributed by atoms with Crippen LogP contribution in [0.3, 0.4) is 0 Å². The van der Waals surface area contributed by atoms with Crippen molar-refractivity contribution in [2.45, 2.75) is 25.4 Å². The summed E-state index contributed by atoms with van der Waals surface area (Å²) in [6.07, 6.45) is 1.10. The van der Waals surface area contributed by atoms with Crippen molar-refractivity contribution in [1.82, 2.24) is 4.90 Å². The molecule has 23 heavy (non-hydrogen) atoms. The SMILES string of the molecule is O=C(C1CCN(c2cc(F)cc(F)c2)C1=O)N1CCCC(O)C1. The van der Waals surface area contributed by atoms with E-state index in [1.807, 2.05) is 0 Å². The zero-order valence-electron chi connectivity index (χ0n) is 12.5. The fourth-order valence-electron chi connectivity index (χ4n) is 3.24. The summed E-state index contributed by atoms with van der Waals surface area (Å²) in [6.45, 7) is 1.00. The Hall–Kier alpha value is -2.02. The number of likely N-dealkylation sites (tertiary alicyclic amines) is 1. The van der Waals surface area contributed by atoms with Crippen LogP contribution in [0.5, 0.6) is 0 Å². The molecule has 0 saturated carbocycles. The summed E-state index contributed by atoms with van der Waals surface area (Å²) in [5, 5.41) is 9.66. The second-order valence-electron chi connectivity index (χ2n) is 6.04. The minimum atomic E-state index is -0.841. The number of halogens is 2. The van der Waals surface area contributed by atoms with Gasteiger partial charge in [0, 0.05) is 31.4 Å². The molecule has 2 aliphatic heterocycles. The fraction of sp³-hybridized carbons (Fsp3) is 0.500. The van der Waals surface area contributed by atoms with Gasteiger partial charge in [0.1, 0.15) is 17.6 Å². The zero-order chi connectivity index (χ0) is 16.6. The first-order valence-electron chi connectivity index (χ1n) is 7.70. The molecule has 0 aromatic heterocycles. The molecule has 0 spiro atoms. The van der Waals surface area contributed by atoms with Gasteiger partial charge in [0.05, 0.1) is 6.10 Å². The first-order chi connectivity index (χ1) is 11.0. The highest BCUT2D eigenvalue weighted by atomic mass is 19.1. The molecule has 2 aliphatic rings. The van der Waals surface area contributed by atoms with Gasteiger partial charge in [-0.05, 0) is 31.4 Å². The van der Waals surface area contributed by atoms with Gasteiger partial charge < -0.3 is 14.9 Å². The van der Waals surface area contributed by atoms with Gasteiger partial charge in [-0.1, -0.05) is 0 Å². The Morgan fingerprint density at radius 2 is 1.83 bits per heavy atom. The lowest BCUT2D eigenvalue weighted by atomic mass is 10.0. The van der Waals surface area contributed by atoms with E-state index in [9.17, 15) is 23.5 Å².